The molecule has 29 heavy (non-hydrogen) atoms. The maximum absolute atomic E-state index is 12.0. The van der Waals surface area contributed by atoms with Gasteiger partial charge in [0.25, 0.3) is 0 Å². The molecule has 0 bridgehead atoms. The third-order valence-electron chi connectivity index (χ3n) is 4.28. The molecule has 1 aliphatic heterocycles. The van der Waals surface area contributed by atoms with Gasteiger partial charge in [-0.15, -0.1) is 0 Å². The highest BCUT2D eigenvalue weighted by molar-refractivity contribution is 6.30. The van der Waals surface area contributed by atoms with Crippen LogP contribution in [-0.2, 0) is 20.9 Å². The molecular weight excluding hydrogens is 396 g/mol. The zero-order chi connectivity index (χ0) is 20.7. The highest BCUT2D eigenvalue weighted by Crippen LogP contribution is 2.28. The average molecular weight is 419 g/mol. The lowest BCUT2D eigenvalue weighted by atomic mass is 10.2. The smallest absolute Gasteiger partial charge is 0.245 e. The maximum Gasteiger partial charge on any atom is 0.245 e. The lowest BCUT2D eigenvalue weighted by Crippen LogP contribution is -2.33. The van der Waals surface area contributed by atoms with Crippen molar-refractivity contribution in [1.82, 2.24) is 5.43 Å². The van der Waals surface area contributed by atoms with Crippen molar-refractivity contribution in [1.29, 1.82) is 0 Å². The van der Waals surface area contributed by atoms with Gasteiger partial charge in [-0.05, 0) is 48.4 Å². The van der Waals surface area contributed by atoms with Crippen LogP contribution in [0.25, 0.3) is 0 Å². The minimum atomic E-state index is -0.883. The Morgan fingerprint density at radius 3 is 2.62 bits per heavy atom. The van der Waals surface area contributed by atoms with Gasteiger partial charge in [-0.25, -0.2) is 5.43 Å². The second-order valence-corrected chi connectivity index (χ2v) is 7.06. The molecule has 8 heteroatoms. The van der Waals surface area contributed by atoms with Crippen molar-refractivity contribution in [3.8, 4) is 11.5 Å². The minimum Gasteiger partial charge on any atom is -0.493 e. The fraction of sp³-hybridized carbons (Fsp3) is 0.333. The Labute approximate surface area is 174 Å². The normalized spacial score (nSPS) is 15.4. The molecule has 1 saturated heterocycles. The predicted octanol–water partition coefficient (Wildman–Crippen LogP) is 3.53. The fourth-order valence-corrected chi connectivity index (χ4v) is 2.92. The van der Waals surface area contributed by atoms with E-state index < -0.39 is 5.79 Å². The van der Waals surface area contributed by atoms with Crippen LogP contribution in [0.5, 0.6) is 11.5 Å². The number of benzene rings is 2. The molecule has 0 spiro atoms. The molecule has 0 aromatic heterocycles. The molecule has 0 unspecified atom stereocenters. The van der Waals surface area contributed by atoms with Gasteiger partial charge in [-0.3, -0.25) is 4.79 Å². The van der Waals surface area contributed by atoms with Crippen LogP contribution in [0.4, 0.5) is 0 Å². The number of amides is 1. The summed E-state index contributed by atoms with van der Waals surface area (Å²) >= 11 is 5.89. The molecule has 0 radical (unpaired) electrons. The van der Waals surface area contributed by atoms with Crippen LogP contribution < -0.4 is 14.9 Å². The van der Waals surface area contributed by atoms with E-state index in [1.54, 1.807) is 26.2 Å². The Balaban J connectivity index is 1.55. The highest BCUT2D eigenvalue weighted by atomic mass is 35.5. The van der Waals surface area contributed by atoms with E-state index in [1.807, 2.05) is 30.3 Å². The van der Waals surface area contributed by atoms with Crippen molar-refractivity contribution in [3.05, 3.63) is 58.6 Å². The van der Waals surface area contributed by atoms with Crippen molar-refractivity contribution < 1.29 is 23.7 Å². The molecule has 1 fully saturated rings. The number of carbonyl (C=O) groups is 1. The van der Waals surface area contributed by atoms with Crippen molar-refractivity contribution in [2.45, 2.75) is 25.7 Å². The van der Waals surface area contributed by atoms with E-state index in [0.717, 1.165) is 11.1 Å². The molecular formula is C21H23ClN2O5. The number of halogens is 1. The average Bonchev–Trinajstić information content (AvgIpc) is 3.13. The standard InChI is InChI=1S/C21H23ClN2O5/c1-21(28-9-10-29-21)12-20(25)24-23-13-16-5-8-18(19(11-16)26-2)27-14-15-3-6-17(22)7-4-15/h3-8,11,13H,9-10,12,14H2,1-2H3,(H,24,25)/b23-13-. The number of hydrazone groups is 1. The molecule has 2 aromatic rings. The fourth-order valence-electron chi connectivity index (χ4n) is 2.79. The summed E-state index contributed by atoms with van der Waals surface area (Å²) in [6.45, 7) is 3.09. The van der Waals surface area contributed by atoms with Crippen molar-refractivity contribution in [3.63, 3.8) is 0 Å². The summed E-state index contributed by atoms with van der Waals surface area (Å²) in [7, 11) is 1.56. The van der Waals surface area contributed by atoms with E-state index >= 15 is 0 Å². The van der Waals surface area contributed by atoms with Crippen LogP contribution in [-0.4, -0.2) is 38.2 Å². The first-order chi connectivity index (χ1) is 14.0. The van der Waals surface area contributed by atoms with Crippen LogP contribution in [0, 0.1) is 0 Å². The molecule has 0 saturated carbocycles. The van der Waals surface area contributed by atoms with Gasteiger partial charge in [0.1, 0.15) is 6.61 Å². The van der Waals surface area contributed by atoms with Gasteiger partial charge < -0.3 is 18.9 Å². The summed E-state index contributed by atoms with van der Waals surface area (Å²) in [5, 5.41) is 4.66. The monoisotopic (exact) mass is 418 g/mol. The van der Waals surface area contributed by atoms with Gasteiger partial charge in [0, 0.05) is 5.02 Å². The SMILES string of the molecule is COc1cc(/C=N\NC(=O)CC2(C)OCCO2)ccc1OCc1ccc(Cl)cc1. The molecule has 1 heterocycles. The molecule has 3 rings (SSSR count). The van der Waals surface area contributed by atoms with E-state index in [2.05, 4.69) is 10.5 Å². The Morgan fingerprint density at radius 1 is 1.21 bits per heavy atom. The lowest BCUT2D eigenvalue weighted by Gasteiger charge is -2.20. The van der Waals surface area contributed by atoms with Gasteiger partial charge in [-0.1, -0.05) is 23.7 Å². The van der Waals surface area contributed by atoms with Gasteiger partial charge in [0.05, 0.1) is 33.0 Å². The van der Waals surface area contributed by atoms with Gasteiger partial charge in [-0.2, -0.15) is 5.10 Å². The van der Waals surface area contributed by atoms with E-state index in [0.29, 0.717) is 36.3 Å². The van der Waals surface area contributed by atoms with E-state index in [9.17, 15) is 4.79 Å². The molecule has 1 N–H and O–H groups in total. The number of rotatable bonds is 8. The minimum absolute atomic E-state index is 0.0745. The number of carbonyl (C=O) groups excluding carboxylic acids is 1. The second-order valence-electron chi connectivity index (χ2n) is 6.63. The quantitative estimate of drug-likeness (QED) is 0.524. The number of hydrogen-bond donors (Lipinski definition) is 1. The lowest BCUT2D eigenvalue weighted by molar-refractivity contribution is -0.159. The van der Waals surface area contributed by atoms with Gasteiger partial charge >= 0.3 is 0 Å². The molecule has 2 aromatic carbocycles. The number of ether oxygens (including phenoxy) is 4. The Morgan fingerprint density at radius 2 is 1.93 bits per heavy atom. The third-order valence-corrected chi connectivity index (χ3v) is 4.53. The Hall–Kier alpha value is -2.61. The molecule has 154 valence electrons. The second kappa shape index (κ2) is 9.73. The Kier molecular flexibility index (Phi) is 7.09. The summed E-state index contributed by atoms with van der Waals surface area (Å²) in [5.41, 5.74) is 4.22. The summed E-state index contributed by atoms with van der Waals surface area (Å²) in [6, 6.07) is 12.8. The van der Waals surface area contributed by atoms with Crippen molar-refractivity contribution in [2.24, 2.45) is 5.10 Å². The van der Waals surface area contributed by atoms with Crippen LogP contribution in [0.3, 0.4) is 0 Å². The number of hydrogen-bond acceptors (Lipinski definition) is 6. The summed E-state index contributed by atoms with van der Waals surface area (Å²) in [4.78, 5) is 12.0. The molecule has 1 amide bonds. The van der Waals surface area contributed by atoms with Crippen molar-refractivity contribution in [2.75, 3.05) is 20.3 Å². The van der Waals surface area contributed by atoms with Gasteiger partial charge in [0.15, 0.2) is 17.3 Å². The van der Waals surface area contributed by atoms with Crippen LogP contribution in [0.1, 0.15) is 24.5 Å². The first-order valence-electron chi connectivity index (χ1n) is 9.12. The maximum atomic E-state index is 12.0. The topological polar surface area (TPSA) is 78.4 Å². The van der Waals surface area contributed by atoms with E-state index in [-0.39, 0.29) is 12.3 Å². The van der Waals surface area contributed by atoms with Crippen LogP contribution >= 0.6 is 11.6 Å². The molecule has 0 atom stereocenters. The Bertz CT molecular complexity index is 864. The van der Waals surface area contributed by atoms with Crippen LogP contribution in [0.2, 0.25) is 5.02 Å². The summed E-state index contributed by atoms with van der Waals surface area (Å²) < 4.78 is 22.0. The molecule has 1 aliphatic rings. The highest BCUT2D eigenvalue weighted by Gasteiger charge is 2.33. The number of nitrogens with zero attached hydrogens (tertiary/aromatic N) is 1. The van der Waals surface area contributed by atoms with Crippen LogP contribution in [0.15, 0.2) is 47.6 Å². The summed E-state index contributed by atoms with van der Waals surface area (Å²) in [5.74, 6) is -0.00607. The van der Waals surface area contributed by atoms with Crippen molar-refractivity contribution >= 4 is 23.7 Å². The zero-order valence-electron chi connectivity index (χ0n) is 16.3. The van der Waals surface area contributed by atoms with E-state index in [1.165, 1.54) is 6.21 Å². The summed E-state index contributed by atoms with van der Waals surface area (Å²) in [6.07, 6.45) is 1.60. The molecule has 0 aliphatic carbocycles. The van der Waals surface area contributed by atoms with Gasteiger partial charge in [0.2, 0.25) is 5.91 Å². The largest absolute Gasteiger partial charge is 0.493 e. The molecule has 7 nitrogen and oxygen atoms in total. The number of nitrogens with one attached hydrogen (secondary N) is 1. The predicted molar refractivity (Wildman–Crippen MR) is 109 cm³/mol. The first kappa shape index (κ1) is 21.1. The van der Waals surface area contributed by atoms with E-state index in [4.69, 9.17) is 30.5 Å². The zero-order valence-corrected chi connectivity index (χ0v) is 17.1. The number of methoxy groups -OCH3 is 1. The third kappa shape index (κ3) is 6.19. The first-order valence-corrected chi connectivity index (χ1v) is 9.50.